The van der Waals surface area contributed by atoms with E-state index in [9.17, 15) is 0 Å². The molecule has 0 heterocycles. The summed E-state index contributed by atoms with van der Waals surface area (Å²) in [5, 5.41) is 3.42. The van der Waals surface area contributed by atoms with Crippen LogP contribution in [0.15, 0.2) is 60.7 Å². The van der Waals surface area contributed by atoms with Gasteiger partial charge in [-0.2, -0.15) is 0 Å². The minimum absolute atomic E-state index is 0.776. The van der Waals surface area contributed by atoms with Crippen LogP contribution in [0.5, 0.6) is 0 Å². The van der Waals surface area contributed by atoms with E-state index < -0.39 is 0 Å². The molecular weight excluding hydrogens is 284 g/mol. The summed E-state index contributed by atoms with van der Waals surface area (Å²) in [5.41, 5.74) is 2.74. The Morgan fingerprint density at radius 2 is 1.39 bits per heavy atom. The quantitative estimate of drug-likeness (QED) is 0.644. The Labute approximate surface area is 140 Å². The predicted octanol–water partition coefficient (Wildman–Crippen LogP) is 3.31. The molecule has 23 heavy (non-hydrogen) atoms. The molecule has 0 radical (unpaired) electrons. The molecule has 0 aliphatic heterocycles. The first-order valence-electron chi connectivity index (χ1n) is 8.38. The van der Waals surface area contributed by atoms with Crippen molar-refractivity contribution in [3.8, 4) is 0 Å². The van der Waals surface area contributed by atoms with E-state index in [1.165, 1.54) is 11.1 Å². The third-order valence-corrected chi connectivity index (χ3v) is 3.81. The van der Waals surface area contributed by atoms with E-state index >= 15 is 0 Å². The van der Waals surface area contributed by atoms with Crippen molar-refractivity contribution in [2.75, 3.05) is 33.4 Å². The van der Waals surface area contributed by atoms with Crippen LogP contribution in [0.1, 0.15) is 17.5 Å². The molecule has 1 N–H and O–H groups in total. The molecule has 0 aliphatic rings. The topological polar surface area (TPSA) is 24.5 Å². The second-order valence-electron chi connectivity index (χ2n) is 5.78. The van der Waals surface area contributed by atoms with Gasteiger partial charge < -0.3 is 10.1 Å². The summed E-state index contributed by atoms with van der Waals surface area (Å²) in [6.07, 6.45) is 1.14. The third kappa shape index (κ3) is 7.42. The highest BCUT2D eigenvalue weighted by atomic mass is 16.5. The molecule has 2 rings (SSSR count). The molecule has 0 spiro atoms. The zero-order valence-electron chi connectivity index (χ0n) is 14.1. The van der Waals surface area contributed by atoms with Crippen molar-refractivity contribution in [3.05, 3.63) is 71.8 Å². The van der Waals surface area contributed by atoms with Gasteiger partial charge in [0, 0.05) is 33.3 Å². The molecule has 0 atom stereocenters. The fourth-order valence-corrected chi connectivity index (χ4v) is 2.62. The first-order valence-corrected chi connectivity index (χ1v) is 8.38. The van der Waals surface area contributed by atoms with Gasteiger partial charge in [-0.15, -0.1) is 0 Å². The number of benzene rings is 2. The standard InChI is InChI=1S/C20H28N2O/c1-23-16-14-21-13-8-15-22(17-19-9-4-2-5-10-19)18-20-11-6-3-7-12-20/h2-7,9-12,21H,8,13-18H2,1H3. The zero-order chi connectivity index (χ0) is 16.2. The maximum absolute atomic E-state index is 5.05. The van der Waals surface area contributed by atoms with Crippen LogP contribution in [0.2, 0.25) is 0 Å². The van der Waals surface area contributed by atoms with Crippen LogP contribution in [0, 0.1) is 0 Å². The van der Waals surface area contributed by atoms with Crippen molar-refractivity contribution >= 4 is 0 Å². The third-order valence-electron chi connectivity index (χ3n) is 3.81. The molecule has 2 aromatic rings. The minimum atomic E-state index is 0.776. The number of ether oxygens (including phenoxy) is 1. The summed E-state index contributed by atoms with van der Waals surface area (Å²) in [6.45, 7) is 5.81. The Morgan fingerprint density at radius 1 is 0.826 bits per heavy atom. The summed E-state index contributed by atoms with van der Waals surface area (Å²) in [5.74, 6) is 0. The van der Waals surface area contributed by atoms with Crippen LogP contribution in [-0.2, 0) is 17.8 Å². The van der Waals surface area contributed by atoms with Gasteiger partial charge in [-0.3, -0.25) is 4.90 Å². The molecule has 0 amide bonds. The number of hydrogen-bond acceptors (Lipinski definition) is 3. The molecule has 0 unspecified atom stereocenters. The SMILES string of the molecule is COCCNCCCN(Cc1ccccc1)Cc1ccccc1. The Hall–Kier alpha value is -1.68. The molecule has 0 aliphatic carbocycles. The monoisotopic (exact) mass is 312 g/mol. The van der Waals surface area contributed by atoms with Gasteiger partial charge in [0.25, 0.3) is 0 Å². The summed E-state index contributed by atoms with van der Waals surface area (Å²) in [6, 6.07) is 21.4. The van der Waals surface area contributed by atoms with E-state index in [4.69, 9.17) is 4.74 Å². The predicted molar refractivity (Wildman–Crippen MR) is 96.4 cm³/mol. The Morgan fingerprint density at radius 3 is 1.91 bits per heavy atom. The van der Waals surface area contributed by atoms with Crippen molar-refractivity contribution in [1.82, 2.24) is 10.2 Å². The van der Waals surface area contributed by atoms with Crippen LogP contribution in [0.25, 0.3) is 0 Å². The fraction of sp³-hybridized carbons (Fsp3) is 0.400. The van der Waals surface area contributed by atoms with Gasteiger partial charge >= 0.3 is 0 Å². The number of nitrogens with one attached hydrogen (secondary N) is 1. The van der Waals surface area contributed by atoms with E-state index in [2.05, 4.69) is 70.9 Å². The van der Waals surface area contributed by atoms with Crippen LogP contribution >= 0.6 is 0 Å². The molecule has 0 aromatic heterocycles. The van der Waals surface area contributed by atoms with Crippen LogP contribution in [0.4, 0.5) is 0 Å². The van der Waals surface area contributed by atoms with Gasteiger partial charge in [0.1, 0.15) is 0 Å². The van der Waals surface area contributed by atoms with Gasteiger partial charge in [-0.1, -0.05) is 60.7 Å². The number of methoxy groups -OCH3 is 1. The second kappa shape index (κ2) is 10.9. The lowest BCUT2D eigenvalue weighted by Gasteiger charge is -2.23. The smallest absolute Gasteiger partial charge is 0.0587 e. The van der Waals surface area contributed by atoms with Crippen LogP contribution in [0.3, 0.4) is 0 Å². The summed E-state index contributed by atoms with van der Waals surface area (Å²) in [4.78, 5) is 2.52. The van der Waals surface area contributed by atoms with Crippen molar-refractivity contribution in [2.24, 2.45) is 0 Å². The van der Waals surface area contributed by atoms with Gasteiger partial charge in [-0.05, 0) is 24.1 Å². The molecule has 3 heteroatoms. The molecule has 124 valence electrons. The second-order valence-corrected chi connectivity index (χ2v) is 5.78. The van der Waals surface area contributed by atoms with Gasteiger partial charge in [0.15, 0.2) is 0 Å². The fourth-order valence-electron chi connectivity index (χ4n) is 2.62. The van der Waals surface area contributed by atoms with E-state index in [0.29, 0.717) is 0 Å². The first-order chi connectivity index (χ1) is 11.4. The number of nitrogens with zero attached hydrogens (tertiary/aromatic N) is 1. The largest absolute Gasteiger partial charge is 0.383 e. The Bertz CT molecular complexity index is 474. The lowest BCUT2D eigenvalue weighted by molar-refractivity contribution is 0.198. The first kappa shape index (κ1) is 17.7. The van der Waals surface area contributed by atoms with E-state index in [-0.39, 0.29) is 0 Å². The number of rotatable bonds is 11. The lowest BCUT2D eigenvalue weighted by Crippen LogP contribution is -2.28. The van der Waals surface area contributed by atoms with Crippen LogP contribution < -0.4 is 5.32 Å². The highest BCUT2D eigenvalue weighted by molar-refractivity contribution is 5.17. The van der Waals surface area contributed by atoms with Crippen LogP contribution in [-0.4, -0.2) is 38.3 Å². The van der Waals surface area contributed by atoms with E-state index in [1.807, 2.05) is 0 Å². The van der Waals surface area contributed by atoms with E-state index in [1.54, 1.807) is 7.11 Å². The highest BCUT2D eigenvalue weighted by Crippen LogP contribution is 2.10. The average Bonchev–Trinajstić information content (AvgIpc) is 2.60. The van der Waals surface area contributed by atoms with Gasteiger partial charge in [0.05, 0.1) is 6.61 Å². The highest BCUT2D eigenvalue weighted by Gasteiger charge is 2.07. The summed E-state index contributed by atoms with van der Waals surface area (Å²) >= 11 is 0. The van der Waals surface area contributed by atoms with Crippen molar-refractivity contribution < 1.29 is 4.74 Å². The van der Waals surface area contributed by atoms with Gasteiger partial charge in [-0.25, -0.2) is 0 Å². The zero-order valence-corrected chi connectivity index (χ0v) is 14.1. The van der Waals surface area contributed by atoms with Crippen molar-refractivity contribution in [2.45, 2.75) is 19.5 Å². The molecule has 0 saturated carbocycles. The van der Waals surface area contributed by atoms with Crippen molar-refractivity contribution in [1.29, 1.82) is 0 Å². The molecule has 2 aromatic carbocycles. The Balaban J connectivity index is 1.83. The maximum atomic E-state index is 5.05. The molecule has 0 saturated heterocycles. The average molecular weight is 312 g/mol. The normalized spacial score (nSPS) is 11.0. The number of hydrogen-bond donors (Lipinski definition) is 1. The molecule has 0 bridgehead atoms. The molecule has 3 nitrogen and oxygen atoms in total. The van der Waals surface area contributed by atoms with E-state index in [0.717, 1.165) is 45.8 Å². The molecule has 0 fully saturated rings. The van der Waals surface area contributed by atoms with Crippen molar-refractivity contribution in [3.63, 3.8) is 0 Å². The van der Waals surface area contributed by atoms with Gasteiger partial charge in [0.2, 0.25) is 0 Å². The maximum Gasteiger partial charge on any atom is 0.0587 e. The Kier molecular flexibility index (Phi) is 8.41. The summed E-state index contributed by atoms with van der Waals surface area (Å²) in [7, 11) is 1.74. The molecular formula is C20H28N2O. The lowest BCUT2D eigenvalue weighted by atomic mass is 10.1. The minimum Gasteiger partial charge on any atom is -0.383 e. The summed E-state index contributed by atoms with van der Waals surface area (Å²) < 4.78 is 5.05.